The van der Waals surface area contributed by atoms with Crippen molar-refractivity contribution in [1.29, 1.82) is 0 Å². The molecule has 0 N–H and O–H groups in total. The minimum absolute atomic E-state index is 0.357. The summed E-state index contributed by atoms with van der Waals surface area (Å²) in [5, 5.41) is 13.9. The standard InChI is InChI=1S/C20H20ClFN6/c1-12-16(9-23-26(12)3)19-8-20(17-10-24-27(4)13(17)2)28(25-19)11-14-5-6-15(22)7-18(14)21/h5-10H,11H2,1-4H3. The van der Waals surface area contributed by atoms with Gasteiger partial charge in [-0.05, 0) is 37.6 Å². The van der Waals surface area contributed by atoms with E-state index >= 15 is 0 Å². The Bertz CT molecular complexity index is 1170. The first-order valence-corrected chi connectivity index (χ1v) is 9.22. The number of hydrogen-bond donors (Lipinski definition) is 0. The van der Waals surface area contributed by atoms with Crippen LogP contribution in [0.25, 0.3) is 22.5 Å². The summed E-state index contributed by atoms with van der Waals surface area (Å²) in [4.78, 5) is 0. The molecule has 0 saturated carbocycles. The molecule has 1 aromatic carbocycles. The normalized spacial score (nSPS) is 11.4. The van der Waals surface area contributed by atoms with Crippen molar-refractivity contribution in [2.45, 2.75) is 20.4 Å². The molecular weight excluding hydrogens is 379 g/mol. The molecule has 0 aliphatic rings. The van der Waals surface area contributed by atoms with Crippen molar-refractivity contribution in [3.05, 3.63) is 64.5 Å². The van der Waals surface area contributed by atoms with Gasteiger partial charge in [-0.15, -0.1) is 0 Å². The summed E-state index contributed by atoms with van der Waals surface area (Å²) in [5.74, 6) is -0.357. The second kappa shape index (κ2) is 6.91. The Labute approximate surface area is 167 Å². The fourth-order valence-corrected chi connectivity index (χ4v) is 3.42. The molecule has 0 radical (unpaired) electrons. The first-order chi connectivity index (χ1) is 13.3. The Morgan fingerprint density at radius 3 is 2.18 bits per heavy atom. The largest absolute Gasteiger partial charge is 0.272 e. The molecular formula is C20H20ClFN6. The third-order valence-electron chi connectivity index (χ3n) is 5.14. The summed E-state index contributed by atoms with van der Waals surface area (Å²) in [6.07, 6.45) is 3.64. The van der Waals surface area contributed by atoms with Crippen LogP contribution in [0.5, 0.6) is 0 Å². The molecule has 28 heavy (non-hydrogen) atoms. The molecule has 4 aromatic rings. The smallest absolute Gasteiger partial charge is 0.124 e. The number of aryl methyl sites for hydroxylation is 2. The van der Waals surface area contributed by atoms with E-state index in [2.05, 4.69) is 10.2 Å². The van der Waals surface area contributed by atoms with E-state index in [0.29, 0.717) is 11.6 Å². The van der Waals surface area contributed by atoms with Crippen molar-refractivity contribution in [1.82, 2.24) is 29.3 Å². The van der Waals surface area contributed by atoms with Crippen LogP contribution in [0.2, 0.25) is 5.02 Å². The van der Waals surface area contributed by atoms with Crippen LogP contribution < -0.4 is 0 Å². The van der Waals surface area contributed by atoms with Gasteiger partial charge in [-0.1, -0.05) is 17.7 Å². The highest BCUT2D eigenvalue weighted by Gasteiger charge is 2.18. The zero-order chi connectivity index (χ0) is 20.0. The van der Waals surface area contributed by atoms with Gasteiger partial charge in [0.05, 0.1) is 30.3 Å². The molecule has 0 bridgehead atoms. The predicted octanol–water partition coefficient (Wildman–Crippen LogP) is 4.14. The van der Waals surface area contributed by atoms with Crippen LogP contribution >= 0.6 is 11.6 Å². The van der Waals surface area contributed by atoms with Gasteiger partial charge < -0.3 is 0 Å². The molecule has 0 atom stereocenters. The van der Waals surface area contributed by atoms with E-state index in [9.17, 15) is 4.39 Å². The minimum atomic E-state index is -0.357. The molecule has 144 valence electrons. The Hall–Kier alpha value is -2.93. The van der Waals surface area contributed by atoms with Gasteiger partial charge in [-0.2, -0.15) is 15.3 Å². The predicted molar refractivity (Wildman–Crippen MR) is 107 cm³/mol. The second-order valence-corrected chi connectivity index (χ2v) is 7.25. The monoisotopic (exact) mass is 398 g/mol. The molecule has 0 saturated heterocycles. The molecule has 0 amide bonds. The number of nitrogens with zero attached hydrogens (tertiary/aromatic N) is 6. The zero-order valence-corrected chi connectivity index (χ0v) is 16.9. The molecule has 0 aliphatic heterocycles. The van der Waals surface area contributed by atoms with E-state index in [0.717, 1.165) is 39.5 Å². The topological polar surface area (TPSA) is 53.5 Å². The number of aromatic nitrogens is 6. The van der Waals surface area contributed by atoms with E-state index < -0.39 is 0 Å². The van der Waals surface area contributed by atoms with Crippen molar-refractivity contribution in [3.63, 3.8) is 0 Å². The highest BCUT2D eigenvalue weighted by atomic mass is 35.5. The Balaban J connectivity index is 1.85. The lowest BCUT2D eigenvalue weighted by Crippen LogP contribution is -2.05. The molecule has 4 rings (SSSR count). The van der Waals surface area contributed by atoms with Gasteiger partial charge in [0.2, 0.25) is 0 Å². The van der Waals surface area contributed by atoms with Crippen molar-refractivity contribution in [2.75, 3.05) is 0 Å². The van der Waals surface area contributed by atoms with Crippen LogP contribution in [-0.2, 0) is 20.6 Å². The average Bonchev–Trinajstić information content (AvgIpc) is 3.30. The highest BCUT2D eigenvalue weighted by molar-refractivity contribution is 6.31. The van der Waals surface area contributed by atoms with Gasteiger partial charge >= 0.3 is 0 Å². The van der Waals surface area contributed by atoms with E-state index in [1.165, 1.54) is 12.1 Å². The molecule has 6 nitrogen and oxygen atoms in total. The van der Waals surface area contributed by atoms with Crippen molar-refractivity contribution >= 4 is 11.6 Å². The molecule has 3 aromatic heterocycles. The van der Waals surface area contributed by atoms with E-state index in [-0.39, 0.29) is 5.82 Å². The quantitative estimate of drug-likeness (QED) is 0.519. The maximum absolute atomic E-state index is 13.4. The lowest BCUT2D eigenvalue weighted by atomic mass is 10.1. The third kappa shape index (κ3) is 3.11. The van der Waals surface area contributed by atoms with Crippen LogP contribution in [0.1, 0.15) is 17.0 Å². The van der Waals surface area contributed by atoms with Crippen molar-refractivity contribution in [3.8, 4) is 22.5 Å². The Morgan fingerprint density at radius 1 is 0.964 bits per heavy atom. The van der Waals surface area contributed by atoms with Crippen LogP contribution in [0, 0.1) is 19.7 Å². The summed E-state index contributed by atoms with van der Waals surface area (Å²) in [6.45, 7) is 4.44. The molecule has 3 heterocycles. The van der Waals surface area contributed by atoms with Gasteiger partial charge in [0, 0.05) is 41.6 Å². The van der Waals surface area contributed by atoms with Crippen LogP contribution in [0.3, 0.4) is 0 Å². The van der Waals surface area contributed by atoms with Crippen LogP contribution in [0.15, 0.2) is 36.7 Å². The Morgan fingerprint density at radius 2 is 1.61 bits per heavy atom. The summed E-state index contributed by atoms with van der Waals surface area (Å²) in [7, 11) is 3.81. The van der Waals surface area contributed by atoms with Crippen molar-refractivity contribution in [2.24, 2.45) is 14.1 Å². The molecule has 0 spiro atoms. The first kappa shape index (κ1) is 18.4. The van der Waals surface area contributed by atoms with Crippen LogP contribution in [0.4, 0.5) is 4.39 Å². The number of benzene rings is 1. The van der Waals surface area contributed by atoms with E-state index in [4.69, 9.17) is 16.7 Å². The third-order valence-corrected chi connectivity index (χ3v) is 5.49. The van der Waals surface area contributed by atoms with Gasteiger partial charge in [0.25, 0.3) is 0 Å². The van der Waals surface area contributed by atoms with Gasteiger partial charge in [0.15, 0.2) is 0 Å². The maximum atomic E-state index is 13.4. The van der Waals surface area contributed by atoms with Crippen LogP contribution in [-0.4, -0.2) is 29.3 Å². The summed E-state index contributed by atoms with van der Waals surface area (Å²) in [6, 6.07) is 6.45. The maximum Gasteiger partial charge on any atom is 0.124 e. The fraction of sp³-hybridized carbons (Fsp3) is 0.250. The number of halogens is 2. The Kier molecular flexibility index (Phi) is 4.55. The summed E-state index contributed by atoms with van der Waals surface area (Å²) >= 11 is 6.25. The molecule has 0 fully saturated rings. The lowest BCUT2D eigenvalue weighted by molar-refractivity contribution is 0.625. The zero-order valence-electron chi connectivity index (χ0n) is 16.1. The number of hydrogen-bond acceptors (Lipinski definition) is 3. The molecule has 0 unspecified atom stereocenters. The molecule has 8 heteroatoms. The minimum Gasteiger partial charge on any atom is -0.272 e. The van der Waals surface area contributed by atoms with Gasteiger partial charge in [0.1, 0.15) is 5.82 Å². The fourth-order valence-electron chi connectivity index (χ4n) is 3.20. The highest BCUT2D eigenvalue weighted by Crippen LogP contribution is 2.31. The van der Waals surface area contributed by atoms with E-state index in [1.807, 2.05) is 60.4 Å². The van der Waals surface area contributed by atoms with Gasteiger partial charge in [-0.3, -0.25) is 14.0 Å². The average molecular weight is 399 g/mol. The van der Waals surface area contributed by atoms with E-state index in [1.54, 1.807) is 6.07 Å². The summed E-state index contributed by atoms with van der Waals surface area (Å²) < 4.78 is 19.0. The van der Waals surface area contributed by atoms with Crippen molar-refractivity contribution < 1.29 is 4.39 Å². The summed E-state index contributed by atoms with van der Waals surface area (Å²) in [5.41, 5.74) is 6.55. The molecule has 0 aliphatic carbocycles. The second-order valence-electron chi connectivity index (χ2n) is 6.84. The first-order valence-electron chi connectivity index (χ1n) is 8.85. The number of rotatable bonds is 4. The SMILES string of the molecule is Cc1c(-c2cc(-c3cnn(C)c3C)n(Cc3ccc(F)cc3Cl)n2)cnn1C. The lowest BCUT2D eigenvalue weighted by Gasteiger charge is -2.09. The van der Waals surface area contributed by atoms with Gasteiger partial charge in [-0.25, -0.2) is 4.39 Å².